The van der Waals surface area contributed by atoms with Crippen LogP contribution in [-0.4, -0.2) is 44.4 Å². The number of benzene rings is 2. The summed E-state index contributed by atoms with van der Waals surface area (Å²) in [5.74, 6) is -0.00926. The maximum absolute atomic E-state index is 13.2. The summed E-state index contributed by atoms with van der Waals surface area (Å²) >= 11 is 6.31. The Labute approximate surface area is 199 Å². The van der Waals surface area contributed by atoms with Crippen molar-refractivity contribution >= 4 is 17.5 Å². The Morgan fingerprint density at radius 1 is 1.09 bits per heavy atom. The van der Waals surface area contributed by atoms with Crippen LogP contribution in [0.3, 0.4) is 0 Å². The monoisotopic (exact) mass is 461 g/mol. The van der Waals surface area contributed by atoms with E-state index in [1.807, 2.05) is 80.2 Å². The average molecular weight is 462 g/mol. The van der Waals surface area contributed by atoms with E-state index in [2.05, 4.69) is 21.4 Å². The van der Waals surface area contributed by atoms with Crippen molar-refractivity contribution in [3.63, 3.8) is 0 Å². The van der Waals surface area contributed by atoms with E-state index in [4.69, 9.17) is 11.6 Å². The highest BCUT2D eigenvalue weighted by Gasteiger charge is 2.22. The fourth-order valence-corrected chi connectivity index (χ4v) is 4.19. The first-order valence-electron chi connectivity index (χ1n) is 11.1. The summed E-state index contributed by atoms with van der Waals surface area (Å²) in [6, 6.07) is 19.9. The third-order valence-electron chi connectivity index (χ3n) is 5.86. The molecule has 0 aliphatic rings. The van der Waals surface area contributed by atoms with Crippen LogP contribution in [0.25, 0.3) is 11.3 Å². The van der Waals surface area contributed by atoms with E-state index in [0.717, 1.165) is 46.7 Å². The van der Waals surface area contributed by atoms with E-state index in [-0.39, 0.29) is 5.91 Å². The molecule has 2 heterocycles. The van der Waals surface area contributed by atoms with Crippen LogP contribution in [0.1, 0.15) is 39.4 Å². The smallest absolute Gasteiger partial charge is 0.257 e. The predicted octanol–water partition coefficient (Wildman–Crippen LogP) is 5.30. The highest BCUT2D eigenvalue weighted by atomic mass is 35.5. The van der Waals surface area contributed by atoms with Gasteiger partial charge in [-0.3, -0.25) is 14.6 Å². The summed E-state index contributed by atoms with van der Waals surface area (Å²) in [6.07, 6.45) is 1.66. The predicted molar refractivity (Wildman–Crippen MR) is 132 cm³/mol. The molecule has 2 aromatic heterocycles. The Hall–Kier alpha value is -3.38. The average Bonchev–Trinajstić information content (AvgIpc) is 3.39. The van der Waals surface area contributed by atoms with Crippen molar-refractivity contribution in [1.29, 1.82) is 0 Å². The molecule has 6 nitrogen and oxygen atoms in total. The van der Waals surface area contributed by atoms with Gasteiger partial charge in [0.25, 0.3) is 5.91 Å². The number of aromatic nitrogens is 4. The molecule has 1 N–H and O–H groups in total. The van der Waals surface area contributed by atoms with Gasteiger partial charge in [-0.2, -0.15) is 10.2 Å². The van der Waals surface area contributed by atoms with Gasteiger partial charge in [0.05, 0.1) is 23.5 Å². The molecular formula is C26H28ClN5O. The lowest BCUT2D eigenvalue weighted by Crippen LogP contribution is -2.29. The van der Waals surface area contributed by atoms with Crippen LogP contribution in [0, 0.1) is 13.8 Å². The van der Waals surface area contributed by atoms with E-state index in [9.17, 15) is 4.79 Å². The SMILES string of the molecule is Cc1nn(Cc2ccccc2Cl)c(C)c1C(=O)N(C)CCCc1cc(-c2ccccc2)n[nH]1. The van der Waals surface area contributed by atoms with E-state index >= 15 is 0 Å². The molecule has 0 saturated heterocycles. The lowest BCUT2D eigenvalue weighted by atomic mass is 10.1. The minimum absolute atomic E-state index is 0.00926. The van der Waals surface area contributed by atoms with E-state index in [1.54, 1.807) is 4.90 Å². The van der Waals surface area contributed by atoms with Crippen LogP contribution >= 0.6 is 11.6 Å². The minimum Gasteiger partial charge on any atom is -0.342 e. The van der Waals surface area contributed by atoms with Crippen LogP contribution in [-0.2, 0) is 13.0 Å². The fraction of sp³-hybridized carbons (Fsp3) is 0.269. The first kappa shape index (κ1) is 22.8. The number of carbonyl (C=O) groups is 1. The molecule has 0 bridgehead atoms. The van der Waals surface area contributed by atoms with Gasteiger partial charge in [-0.15, -0.1) is 0 Å². The standard InChI is InChI=1S/C26H28ClN5O/c1-18-25(19(2)32(30-18)17-21-12-7-8-14-23(21)27)26(33)31(3)15-9-13-22-16-24(29-28-22)20-10-5-4-6-11-20/h4-8,10-12,14,16H,9,13,15,17H2,1-3H3,(H,28,29). The normalized spacial score (nSPS) is 11.0. The number of hydrogen-bond acceptors (Lipinski definition) is 3. The van der Waals surface area contributed by atoms with Gasteiger partial charge < -0.3 is 4.90 Å². The first-order chi connectivity index (χ1) is 15.9. The Morgan fingerprint density at radius 2 is 1.82 bits per heavy atom. The molecule has 7 heteroatoms. The quantitative estimate of drug-likeness (QED) is 0.387. The van der Waals surface area contributed by atoms with Crippen molar-refractivity contribution in [2.75, 3.05) is 13.6 Å². The second-order valence-electron chi connectivity index (χ2n) is 8.27. The highest BCUT2D eigenvalue weighted by Crippen LogP contribution is 2.21. The number of aryl methyl sites for hydroxylation is 2. The first-order valence-corrected chi connectivity index (χ1v) is 11.4. The van der Waals surface area contributed by atoms with E-state index < -0.39 is 0 Å². The Kier molecular flexibility index (Phi) is 6.94. The fourth-order valence-electron chi connectivity index (χ4n) is 3.99. The number of halogens is 1. The van der Waals surface area contributed by atoms with Gasteiger partial charge in [0.1, 0.15) is 0 Å². The summed E-state index contributed by atoms with van der Waals surface area (Å²) < 4.78 is 1.85. The molecule has 1 amide bonds. The number of aromatic amines is 1. The van der Waals surface area contributed by atoms with E-state index in [0.29, 0.717) is 23.7 Å². The van der Waals surface area contributed by atoms with Crippen LogP contribution in [0.5, 0.6) is 0 Å². The van der Waals surface area contributed by atoms with Crippen molar-refractivity contribution in [3.05, 3.63) is 93.9 Å². The molecule has 4 aromatic rings. The molecule has 4 rings (SSSR count). The van der Waals surface area contributed by atoms with Crippen LogP contribution in [0.2, 0.25) is 5.02 Å². The van der Waals surface area contributed by atoms with Crippen molar-refractivity contribution in [2.45, 2.75) is 33.2 Å². The number of H-pyrrole nitrogens is 1. The third-order valence-corrected chi connectivity index (χ3v) is 6.23. The van der Waals surface area contributed by atoms with Gasteiger partial charge in [-0.05, 0) is 44.4 Å². The molecule has 0 spiro atoms. The highest BCUT2D eigenvalue weighted by molar-refractivity contribution is 6.31. The van der Waals surface area contributed by atoms with Crippen LogP contribution in [0.4, 0.5) is 0 Å². The number of nitrogens with zero attached hydrogens (tertiary/aromatic N) is 4. The van der Waals surface area contributed by atoms with Gasteiger partial charge in [0.2, 0.25) is 0 Å². The van der Waals surface area contributed by atoms with Crippen molar-refractivity contribution in [2.24, 2.45) is 0 Å². The lowest BCUT2D eigenvalue weighted by Gasteiger charge is -2.17. The topological polar surface area (TPSA) is 66.8 Å². The maximum atomic E-state index is 13.2. The molecule has 0 saturated carbocycles. The van der Waals surface area contributed by atoms with Crippen LogP contribution < -0.4 is 0 Å². The summed E-state index contributed by atoms with van der Waals surface area (Å²) in [5, 5.41) is 12.8. The summed E-state index contributed by atoms with van der Waals surface area (Å²) in [6.45, 7) is 5.00. The Balaban J connectivity index is 1.37. The molecular weight excluding hydrogens is 434 g/mol. The number of hydrogen-bond donors (Lipinski definition) is 1. The molecule has 0 fully saturated rings. The minimum atomic E-state index is -0.00926. The zero-order chi connectivity index (χ0) is 23.4. The Morgan fingerprint density at radius 3 is 2.58 bits per heavy atom. The number of carbonyl (C=O) groups excluding carboxylic acids is 1. The van der Waals surface area contributed by atoms with Gasteiger partial charge in [-0.1, -0.05) is 60.1 Å². The van der Waals surface area contributed by atoms with Gasteiger partial charge in [0.15, 0.2) is 0 Å². The number of rotatable bonds is 8. The molecule has 0 aliphatic heterocycles. The molecule has 2 aromatic carbocycles. The zero-order valence-corrected chi connectivity index (χ0v) is 19.9. The largest absolute Gasteiger partial charge is 0.342 e. The third kappa shape index (κ3) is 5.17. The molecule has 0 aliphatic carbocycles. The molecule has 0 atom stereocenters. The number of nitrogens with one attached hydrogen (secondary N) is 1. The second-order valence-corrected chi connectivity index (χ2v) is 8.68. The summed E-state index contributed by atoms with van der Waals surface area (Å²) in [4.78, 5) is 14.9. The van der Waals surface area contributed by atoms with Gasteiger partial charge in [0, 0.05) is 35.6 Å². The second kappa shape index (κ2) is 10.0. The van der Waals surface area contributed by atoms with E-state index in [1.165, 1.54) is 0 Å². The maximum Gasteiger partial charge on any atom is 0.257 e. The molecule has 0 unspecified atom stereocenters. The molecule has 33 heavy (non-hydrogen) atoms. The van der Waals surface area contributed by atoms with Gasteiger partial charge in [-0.25, -0.2) is 0 Å². The van der Waals surface area contributed by atoms with Crippen LogP contribution in [0.15, 0.2) is 60.7 Å². The number of amides is 1. The molecule has 170 valence electrons. The van der Waals surface area contributed by atoms with Crippen molar-refractivity contribution < 1.29 is 4.79 Å². The zero-order valence-electron chi connectivity index (χ0n) is 19.2. The summed E-state index contributed by atoms with van der Waals surface area (Å²) in [7, 11) is 1.84. The Bertz CT molecular complexity index is 1240. The van der Waals surface area contributed by atoms with Crippen molar-refractivity contribution in [3.8, 4) is 11.3 Å². The molecule has 0 radical (unpaired) electrons. The lowest BCUT2D eigenvalue weighted by molar-refractivity contribution is 0.0792. The van der Waals surface area contributed by atoms with Gasteiger partial charge >= 0.3 is 0 Å². The summed E-state index contributed by atoms with van der Waals surface area (Å²) in [5.41, 5.74) is 6.32. The van der Waals surface area contributed by atoms with Crippen molar-refractivity contribution in [1.82, 2.24) is 24.9 Å².